The molecule has 0 saturated carbocycles. The van der Waals surface area contributed by atoms with Crippen LogP contribution in [0, 0.1) is 25.7 Å². The molecule has 3 amide bonds. The Bertz CT molecular complexity index is 1200. The molecule has 3 N–H and O–H groups in total. The lowest BCUT2D eigenvalue weighted by atomic mass is 9.70. The number of anilines is 1. The van der Waals surface area contributed by atoms with Gasteiger partial charge in [-0.1, -0.05) is 64.5 Å². The molecule has 7 atom stereocenters. The molecule has 5 rings (SSSR count). The van der Waals surface area contributed by atoms with Crippen LogP contribution < -0.4 is 10.6 Å². The molecule has 3 aliphatic heterocycles. The van der Waals surface area contributed by atoms with Crippen molar-refractivity contribution in [2.24, 2.45) is 11.8 Å². The first kappa shape index (κ1) is 25.9. The summed E-state index contributed by atoms with van der Waals surface area (Å²) in [6.45, 7) is 3.50. The molecule has 9 heteroatoms. The van der Waals surface area contributed by atoms with Crippen molar-refractivity contribution in [1.82, 2.24) is 10.2 Å². The van der Waals surface area contributed by atoms with Crippen molar-refractivity contribution in [2.45, 2.75) is 55.3 Å². The number of amides is 3. The number of nitrogens with one attached hydrogen (secondary N) is 2. The van der Waals surface area contributed by atoms with E-state index in [2.05, 4.69) is 26.6 Å². The molecule has 0 aromatic heterocycles. The first-order chi connectivity index (χ1) is 17.7. The van der Waals surface area contributed by atoms with Crippen LogP contribution >= 0.6 is 15.9 Å². The number of ether oxygens (including phenoxy) is 1. The van der Waals surface area contributed by atoms with Crippen molar-refractivity contribution in [3.63, 3.8) is 0 Å². The smallest absolute Gasteiger partial charge is 0.250 e. The average Bonchev–Trinajstić information content (AvgIpc) is 3.48. The second-order valence-electron chi connectivity index (χ2n) is 10.3. The van der Waals surface area contributed by atoms with Gasteiger partial charge in [-0.25, -0.2) is 0 Å². The number of rotatable bonds is 7. The Kier molecular flexibility index (Phi) is 6.89. The normalized spacial score (nSPS) is 30.8. The van der Waals surface area contributed by atoms with E-state index in [9.17, 15) is 19.5 Å². The molecule has 3 saturated heterocycles. The monoisotopic (exact) mass is 569 g/mol. The van der Waals surface area contributed by atoms with Crippen molar-refractivity contribution in [3.05, 3.63) is 65.2 Å². The summed E-state index contributed by atoms with van der Waals surface area (Å²) in [5, 5.41) is 16.2. The van der Waals surface area contributed by atoms with Gasteiger partial charge in [0, 0.05) is 17.6 Å². The predicted octanol–water partition coefficient (Wildman–Crippen LogP) is 2.34. The Balaban J connectivity index is 1.59. The Morgan fingerprint density at radius 3 is 2.43 bits per heavy atom. The fraction of sp³-hybridized carbons (Fsp3) is 0.464. The highest BCUT2D eigenvalue weighted by Crippen LogP contribution is 2.60. The van der Waals surface area contributed by atoms with E-state index in [0.29, 0.717) is 18.5 Å². The van der Waals surface area contributed by atoms with Gasteiger partial charge in [-0.2, -0.15) is 0 Å². The van der Waals surface area contributed by atoms with E-state index in [1.807, 2.05) is 62.4 Å². The molecule has 2 aromatic carbocycles. The van der Waals surface area contributed by atoms with Gasteiger partial charge in [-0.15, -0.1) is 0 Å². The minimum atomic E-state index is -1.18. The predicted molar refractivity (Wildman–Crippen MR) is 142 cm³/mol. The molecule has 0 radical (unpaired) electrons. The Morgan fingerprint density at radius 1 is 1.14 bits per heavy atom. The Morgan fingerprint density at radius 2 is 1.81 bits per heavy atom. The van der Waals surface area contributed by atoms with Gasteiger partial charge < -0.3 is 25.4 Å². The summed E-state index contributed by atoms with van der Waals surface area (Å²) in [6, 6.07) is 13.6. The van der Waals surface area contributed by atoms with Crippen LogP contribution in [0.25, 0.3) is 0 Å². The number of aliphatic hydroxyl groups excluding tert-OH is 1. The number of hydrogen-bond acceptors (Lipinski definition) is 5. The van der Waals surface area contributed by atoms with E-state index in [4.69, 9.17) is 4.74 Å². The fourth-order valence-corrected chi connectivity index (χ4v) is 7.51. The zero-order chi connectivity index (χ0) is 26.5. The largest absolute Gasteiger partial charge is 0.394 e. The van der Waals surface area contributed by atoms with E-state index in [-0.39, 0.29) is 29.2 Å². The highest BCUT2D eigenvalue weighted by molar-refractivity contribution is 9.09. The molecule has 1 spiro atoms. The third kappa shape index (κ3) is 4.08. The molecule has 8 nitrogen and oxygen atoms in total. The van der Waals surface area contributed by atoms with Crippen molar-refractivity contribution in [3.8, 4) is 0 Å². The van der Waals surface area contributed by atoms with E-state index in [0.717, 1.165) is 16.7 Å². The molecule has 0 aliphatic carbocycles. The van der Waals surface area contributed by atoms with Crippen molar-refractivity contribution < 1.29 is 24.2 Å². The lowest BCUT2D eigenvalue weighted by molar-refractivity contribution is -0.143. The first-order valence-electron chi connectivity index (χ1n) is 12.6. The number of likely N-dealkylation sites (tertiary alicyclic amines) is 1. The van der Waals surface area contributed by atoms with Crippen LogP contribution in [0.3, 0.4) is 0 Å². The van der Waals surface area contributed by atoms with Crippen molar-refractivity contribution in [2.75, 3.05) is 19.0 Å². The van der Waals surface area contributed by atoms with E-state index < -0.39 is 35.6 Å². The Hall–Kier alpha value is -2.75. The second kappa shape index (κ2) is 9.85. The summed E-state index contributed by atoms with van der Waals surface area (Å²) in [7, 11) is 1.54. The van der Waals surface area contributed by atoms with Crippen LogP contribution in [0.5, 0.6) is 0 Å². The van der Waals surface area contributed by atoms with Crippen molar-refractivity contribution in [1.29, 1.82) is 0 Å². The molecule has 2 bridgehead atoms. The summed E-state index contributed by atoms with van der Waals surface area (Å²) in [5.41, 5.74) is 2.25. The molecular formula is C28H32BrN3O5. The van der Waals surface area contributed by atoms with Crippen LogP contribution in [0.2, 0.25) is 0 Å². The number of halogens is 1. The summed E-state index contributed by atoms with van der Waals surface area (Å²) >= 11 is 3.66. The number of carbonyl (C=O) groups excluding carboxylic acids is 3. The maximum atomic E-state index is 14.2. The summed E-state index contributed by atoms with van der Waals surface area (Å²) in [4.78, 5) is 42.6. The maximum absolute atomic E-state index is 14.2. The number of nitrogens with zero attached hydrogens (tertiary/aromatic N) is 1. The number of carbonyl (C=O) groups is 3. The average molecular weight is 570 g/mol. The van der Waals surface area contributed by atoms with Crippen LogP contribution in [0.4, 0.5) is 5.69 Å². The number of para-hydroxylation sites is 1. The molecule has 2 aromatic rings. The number of alkyl halides is 1. The molecule has 3 unspecified atom stereocenters. The maximum Gasteiger partial charge on any atom is 0.250 e. The first-order valence-corrected chi connectivity index (χ1v) is 13.5. The zero-order valence-electron chi connectivity index (χ0n) is 21.1. The number of aliphatic hydroxyl groups is 1. The third-order valence-electron chi connectivity index (χ3n) is 8.17. The molecule has 196 valence electrons. The molecular weight excluding hydrogens is 538 g/mol. The van der Waals surface area contributed by atoms with Gasteiger partial charge >= 0.3 is 0 Å². The Labute approximate surface area is 224 Å². The molecule has 37 heavy (non-hydrogen) atoms. The summed E-state index contributed by atoms with van der Waals surface area (Å²) in [5.74, 6) is -2.53. The van der Waals surface area contributed by atoms with Gasteiger partial charge in [-0.05, 0) is 43.4 Å². The quantitative estimate of drug-likeness (QED) is 0.443. The second-order valence-corrected chi connectivity index (χ2v) is 11.5. The van der Waals surface area contributed by atoms with Crippen LogP contribution in [-0.2, 0) is 25.5 Å². The lowest BCUT2D eigenvalue weighted by Crippen LogP contribution is -2.57. The van der Waals surface area contributed by atoms with Gasteiger partial charge in [0.1, 0.15) is 11.6 Å². The number of aryl methyl sites for hydroxylation is 2. The van der Waals surface area contributed by atoms with E-state index in [1.54, 1.807) is 7.05 Å². The SMILES string of the molecule is CNC(=O)[C@H]1[C@@H]2OC3(CC2Br)C(C(=O)Nc2c(C)cccc2C)N([C@@H](CO)Cc2ccccc2)C(=O)[C@H]13. The number of fused-ring (bicyclic) bond motifs is 1. The third-order valence-corrected chi connectivity index (χ3v) is 9.02. The van der Waals surface area contributed by atoms with Crippen molar-refractivity contribution >= 4 is 39.3 Å². The van der Waals surface area contributed by atoms with Gasteiger partial charge in [-0.3, -0.25) is 14.4 Å². The van der Waals surface area contributed by atoms with Gasteiger partial charge in [0.2, 0.25) is 17.7 Å². The molecule has 3 aliphatic rings. The van der Waals surface area contributed by atoms with Gasteiger partial charge in [0.15, 0.2) is 0 Å². The summed E-state index contributed by atoms with van der Waals surface area (Å²) in [6.07, 6.45) is 0.255. The number of hydrogen-bond donors (Lipinski definition) is 3. The van der Waals surface area contributed by atoms with E-state index >= 15 is 0 Å². The summed E-state index contributed by atoms with van der Waals surface area (Å²) < 4.78 is 6.50. The minimum absolute atomic E-state index is 0.184. The number of benzene rings is 2. The zero-order valence-corrected chi connectivity index (χ0v) is 22.7. The van der Waals surface area contributed by atoms with Crippen LogP contribution in [0.15, 0.2) is 48.5 Å². The molecule has 3 heterocycles. The van der Waals surface area contributed by atoms with E-state index in [1.165, 1.54) is 4.90 Å². The fourth-order valence-electron chi connectivity index (χ4n) is 6.57. The van der Waals surface area contributed by atoms with Gasteiger partial charge in [0.05, 0.1) is 30.6 Å². The highest BCUT2D eigenvalue weighted by atomic mass is 79.9. The topological polar surface area (TPSA) is 108 Å². The van der Waals surface area contributed by atoms with Gasteiger partial charge in [0.25, 0.3) is 0 Å². The van der Waals surface area contributed by atoms with Crippen LogP contribution in [-0.4, -0.2) is 70.0 Å². The molecule has 3 fully saturated rings. The highest BCUT2D eigenvalue weighted by Gasteiger charge is 2.77. The lowest BCUT2D eigenvalue weighted by Gasteiger charge is -2.37. The standard InChI is InChI=1S/C28H32BrN3O5/c1-15-8-7-9-16(2)22(15)31-26(35)24-28-13-19(29)23(37-28)20(25(34)30-3)21(28)27(36)32(24)18(14-33)12-17-10-5-4-6-11-17/h4-11,18-21,23-24,33H,12-14H2,1-3H3,(H,30,34)(H,31,35)/t18-,19?,20-,21+,23-,24?,28?/m1/s1. The minimum Gasteiger partial charge on any atom is -0.394 e. The van der Waals surface area contributed by atoms with Crippen LogP contribution in [0.1, 0.15) is 23.1 Å².